The van der Waals surface area contributed by atoms with Gasteiger partial charge in [0.1, 0.15) is 0 Å². The molecule has 1 aliphatic heterocycles. The topological polar surface area (TPSA) is 63.2 Å². The molecule has 0 saturated carbocycles. The standard InChI is InChI=1S/C16H20N6O/c1-20-11-13(10-18-20)12-21-6-3-7-22(9-8-21)16-19-15-14(23-16)4-2-5-17-15/h2,4-5,10-11H,3,6-9,12H2,1H3. The van der Waals surface area contributed by atoms with E-state index in [2.05, 4.69) is 31.1 Å². The van der Waals surface area contributed by atoms with E-state index in [1.807, 2.05) is 30.1 Å². The number of fused-ring (bicyclic) bond motifs is 1. The van der Waals surface area contributed by atoms with E-state index in [-0.39, 0.29) is 0 Å². The molecule has 3 aromatic heterocycles. The van der Waals surface area contributed by atoms with Gasteiger partial charge in [0.2, 0.25) is 5.65 Å². The number of aromatic nitrogens is 4. The molecule has 0 bridgehead atoms. The third kappa shape index (κ3) is 3.05. The highest BCUT2D eigenvalue weighted by Gasteiger charge is 2.19. The summed E-state index contributed by atoms with van der Waals surface area (Å²) in [6.07, 6.45) is 6.85. The van der Waals surface area contributed by atoms with Crippen LogP contribution in [-0.4, -0.2) is 50.8 Å². The van der Waals surface area contributed by atoms with Crippen molar-refractivity contribution in [3.63, 3.8) is 0 Å². The molecule has 0 atom stereocenters. The van der Waals surface area contributed by atoms with E-state index in [1.54, 1.807) is 6.20 Å². The van der Waals surface area contributed by atoms with Gasteiger partial charge in [-0.1, -0.05) is 0 Å². The summed E-state index contributed by atoms with van der Waals surface area (Å²) >= 11 is 0. The van der Waals surface area contributed by atoms with E-state index >= 15 is 0 Å². The zero-order valence-electron chi connectivity index (χ0n) is 13.2. The lowest BCUT2D eigenvalue weighted by atomic mass is 10.3. The summed E-state index contributed by atoms with van der Waals surface area (Å²) in [4.78, 5) is 13.4. The molecule has 1 aliphatic rings. The Hall–Kier alpha value is -2.41. The van der Waals surface area contributed by atoms with Crippen LogP contribution in [0.25, 0.3) is 11.2 Å². The molecule has 0 unspecified atom stereocenters. The zero-order chi connectivity index (χ0) is 15.6. The Kier molecular flexibility index (Phi) is 3.70. The van der Waals surface area contributed by atoms with Gasteiger partial charge in [-0.05, 0) is 18.6 Å². The van der Waals surface area contributed by atoms with Gasteiger partial charge in [0.05, 0.1) is 6.20 Å². The second-order valence-corrected chi connectivity index (χ2v) is 5.96. The fraction of sp³-hybridized carbons (Fsp3) is 0.438. The van der Waals surface area contributed by atoms with Gasteiger partial charge in [-0.15, -0.1) is 0 Å². The first-order valence-electron chi connectivity index (χ1n) is 7.94. The smallest absolute Gasteiger partial charge is 0.299 e. The van der Waals surface area contributed by atoms with Crippen molar-refractivity contribution < 1.29 is 4.42 Å². The molecule has 120 valence electrons. The van der Waals surface area contributed by atoms with Crippen LogP contribution in [0.15, 0.2) is 35.1 Å². The molecule has 4 heterocycles. The van der Waals surface area contributed by atoms with Gasteiger partial charge in [-0.2, -0.15) is 10.1 Å². The summed E-state index contributed by atoms with van der Waals surface area (Å²) in [5.74, 6) is 0. The van der Waals surface area contributed by atoms with Crippen LogP contribution < -0.4 is 4.90 Å². The lowest BCUT2D eigenvalue weighted by Gasteiger charge is -2.20. The maximum absolute atomic E-state index is 5.84. The Bertz CT molecular complexity index is 762. The maximum Gasteiger partial charge on any atom is 0.299 e. The van der Waals surface area contributed by atoms with Gasteiger partial charge in [0.15, 0.2) is 5.58 Å². The van der Waals surface area contributed by atoms with Crippen molar-refractivity contribution in [3.8, 4) is 0 Å². The quantitative estimate of drug-likeness (QED) is 0.733. The van der Waals surface area contributed by atoms with Crippen LogP contribution in [0.3, 0.4) is 0 Å². The molecule has 0 amide bonds. The lowest BCUT2D eigenvalue weighted by Crippen LogP contribution is -2.30. The summed E-state index contributed by atoms with van der Waals surface area (Å²) in [5, 5.41) is 4.24. The van der Waals surface area contributed by atoms with E-state index in [0.29, 0.717) is 11.7 Å². The van der Waals surface area contributed by atoms with Crippen LogP contribution >= 0.6 is 0 Å². The van der Waals surface area contributed by atoms with Crippen molar-refractivity contribution in [2.45, 2.75) is 13.0 Å². The Morgan fingerprint density at radius 2 is 2.17 bits per heavy atom. The molecule has 0 spiro atoms. The van der Waals surface area contributed by atoms with E-state index < -0.39 is 0 Å². The largest absolute Gasteiger partial charge is 0.422 e. The average molecular weight is 312 g/mol. The van der Waals surface area contributed by atoms with Gasteiger partial charge in [-0.25, -0.2) is 4.98 Å². The van der Waals surface area contributed by atoms with Gasteiger partial charge >= 0.3 is 0 Å². The van der Waals surface area contributed by atoms with Gasteiger partial charge < -0.3 is 9.32 Å². The van der Waals surface area contributed by atoms with Gasteiger partial charge in [-0.3, -0.25) is 9.58 Å². The number of hydrogen-bond acceptors (Lipinski definition) is 6. The first-order valence-corrected chi connectivity index (χ1v) is 7.94. The molecule has 0 aromatic carbocycles. The molecule has 1 fully saturated rings. The highest BCUT2D eigenvalue weighted by molar-refractivity contribution is 5.69. The molecule has 4 rings (SSSR count). The highest BCUT2D eigenvalue weighted by Crippen LogP contribution is 2.21. The Labute approximate surface area is 134 Å². The average Bonchev–Trinajstić information content (AvgIpc) is 3.08. The summed E-state index contributed by atoms with van der Waals surface area (Å²) in [6, 6.07) is 4.46. The second kappa shape index (κ2) is 6.00. The zero-order valence-corrected chi connectivity index (χ0v) is 13.2. The molecule has 23 heavy (non-hydrogen) atoms. The number of rotatable bonds is 3. The molecule has 3 aromatic rings. The molecular formula is C16H20N6O. The summed E-state index contributed by atoms with van der Waals surface area (Å²) in [6.45, 7) is 4.87. The number of aryl methyl sites for hydroxylation is 1. The van der Waals surface area contributed by atoms with E-state index in [9.17, 15) is 0 Å². The third-order valence-electron chi connectivity index (χ3n) is 4.18. The molecular weight excluding hydrogens is 292 g/mol. The van der Waals surface area contributed by atoms with Crippen molar-refractivity contribution in [3.05, 3.63) is 36.3 Å². The monoisotopic (exact) mass is 312 g/mol. The van der Waals surface area contributed by atoms with E-state index in [1.165, 1.54) is 5.56 Å². The van der Waals surface area contributed by atoms with Crippen LogP contribution in [0.4, 0.5) is 6.01 Å². The van der Waals surface area contributed by atoms with E-state index in [4.69, 9.17) is 4.42 Å². The van der Waals surface area contributed by atoms with Gasteiger partial charge in [0.25, 0.3) is 6.01 Å². The summed E-state index contributed by atoms with van der Waals surface area (Å²) < 4.78 is 7.69. The lowest BCUT2D eigenvalue weighted by molar-refractivity contribution is 0.285. The van der Waals surface area contributed by atoms with Crippen molar-refractivity contribution in [1.82, 2.24) is 24.6 Å². The maximum atomic E-state index is 5.84. The Balaban J connectivity index is 1.44. The minimum atomic E-state index is 0.680. The van der Waals surface area contributed by atoms with Crippen molar-refractivity contribution in [2.24, 2.45) is 7.05 Å². The van der Waals surface area contributed by atoms with Crippen LogP contribution in [0.5, 0.6) is 0 Å². The molecule has 0 aliphatic carbocycles. The van der Waals surface area contributed by atoms with Gasteiger partial charge in [0, 0.05) is 57.7 Å². The number of nitrogens with zero attached hydrogens (tertiary/aromatic N) is 6. The molecule has 0 N–H and O–H groups in total. The molecule has 0 radical (unpaired) electrons. The van der Waals surface area contributed by atoms with Crippen LogP contribution in [0, 0.1) is 0 Å². The highest BCUT2D eigenvalue weighted by atomic mass is 16.4. The fourth-order valence-electron chi connectivity index (χ4n) is 3.02. The van der Waals surface area contributed by atoms with Crippen LogP contribution in [0.2, 0.25) is 0 Å². The predicted octanol–water partition coefficient (Wildman–Crippen LogP) is 1.67. The molecule has 7 heteroatoms. The Morgan fingerprint density at radius 1 is 1.22 bits per heavy atom. The van der Waals surface area contributed by atoms with Crippen LogP contribution in [0.1, 0.15) is 12.0 Å². The van der Waals surface area contributed by atoms with Crippen LogP contribution in [-0.2, 0) is 13.6 Å². The van der Waals surface area contributed by atoms with Crippen molar-refractivity contribution in [2.75, 3.05) is 31.1 Å². The first-order chi connectivity index (χ1) is 11.3. The number of oxazole rings is 1. The van der Waals surface area contributed by atoms with Crippen molar-refractivity contribution >= 4 is 17.2 Å². The number of pyridine rings is 1. The summed E-state index contributed by atoms with van der Waals surface area (Å²) in [5.41, 5.74) is 2.69. The second-order valence-electron chi connectivity index (χ2n) is 5.96. The minimum absolute atomic E-state index is 0.680. The third-order valence-corrected chi connectivity index (χ3v) is 4.18. The Morgan fingerprint density at radius 3 is 3.00 bits per heavy atom. The molecule has 7 nitrogen and oxygen atoms in total. The predicted molar refractivity (Wildman–Crippen MR) is 87.1 cm³/mol. The minimum Gasteiger partial charge on any atom is -0.422 e. The van der Waals surface area contributed by atoms with E-state index in [0.717, 1.165) is 44.7 Å². The fourth-order valence-corrected chi connectivity index (χ4v) is 3.02. The number of hydrogen-bond donors (Lipinski definition) is 0. The SMILES string of the molecule is Cn1cc(CN2CCCN(c3nc4ncccc4o3)CC2)cn1. The number of anilines is 1. The normalized spacial score (nSPS) is 16.8. The van der Waals surface area contributed by atoms with Crippen molar-refractivity contribution in [1.29, 1.82) is 0 Å². The summed E-state index contributed by atoms with van der Waals surface area (Å²) in [7, 11) is 1.95. The molecule has 1 saturated heterocycles. The first kappa shape index (κ1) is 14.2.